The second kappa shape index (κ2) is 3.97. The van der Waals surface area contributed by atoms with Gasteiger partial charge < -0.3 is 5.11 Å². The van der Waals surface area contributed by atoms with Gasteiger partial charge in [0.15, 0.2) is 0 Å². The summed E-state index contributed by atoms with van der Waals surface area (Å²) < 4.78 is 0. The summed E-state index contributed by atoms with van der Waals surface area (Å²) >= 11 is 0. The summed E-state index contributed by atoms with van der Waals surface area (Å²) in [5.41, 5.74) is 1.31. The van der Waals surface area contributed by atoms with Crippen molar-refractivity contribution >= 4 is 32.3 Å². The van der Waals surface area contributed by atoms with Crippen LogP contribution in [-0.2, 0) is 0 Å². The van der Waals surface area contributed by atoms with Gasteiger partial charge in [-0.25, -0.2) is 0 Å². The third-order valence-corrected chi connectivity index (χ3v) is 4.11. The third kappa shape index (κ3) is 1.50. The highest BCUT2D eigenvalue weighted by atomic mass is 16.3. The molecule has 1 N–H and O–H groups in total. The fourth-order valence-electron chi connectivity index (χ4n) is 3.09. The molecular formula is C19H14O. The first-order valence-electron chi connectivity index (χ1n) is 6.78. The zero-order chi connectivity index (χ0) is 13.7. The Morgan fingerprint density at radius 1 is 0.650 bits per heavy atom. The summed E-state index contributed by atoms with van der Waals surface area (Å²) in [5.74, 6) is 0.314. The quantitative estimate of drug-likeness (QED) is 0.341. The molecule has 0 atom stereocenters. The van der Waals surface area contributed by atoms with Crippen molar-refractivity contribution in [3.63, 3.8) is 0 Å². The number of hydrogen-bond acceptors (Lipinski definition) is 1. The van der Waals surface area contributed by atoms with Crippen LogP contribution in [0.25, 0.3) is 32.3 Å². The molecule has 0 spiro atoms. The van der Waals surface area contributed by atoms with Crippen molar-refractivity contribution in [3.8, 4) is 5.75 Å². The van der Waals surface area contributed by atoms with Crippen molar-refractivity contribution < 1.29 is 5.11 Å². The molecule has 0 unspecified atom stereocenters. The van der Waals surface area contributed by atoms with Crippen molar-refractivity contribution in [1.29, 1.82) is 0 Å². The molecule has 0 aromatic heterocycles. The van der Waals surface area contributed by atoms with Gasteiger partial charge >= 0.3 is 0 Å². The molecule has 0 saturated carbocycles. The number of aromatic hydroxyl groups is 1. The smallest absolute Gasteiger partial charge is 0.116 e. The van der Waals surface area contributed by atoms with E-state index in [4.69, 9.17) is 0 Å². The molecule has 0 saturated heterocycles. The van der Waals surface area contributed by atoms with Crippen LogP contribution in [0.3, 0.4) is 0 Å². The molecule has 0 fully saturated rings. The summed E-state index contributed by atoms with van der Waals surface area (Å²) in [7, 11) is 0. The van der Waals surface area contributed by atoms with Crippen LogP contribution in [0.4, 0.5) is 0 Å². The summed E-state index contributed by atoms with van der Waals surface area (Å²) in [4.78, 5) is 0. The zero-order valence-corrected chi connectivity index (χ0v) is 11.2. The standard InChI is InChI=1S/C19H14O/c1-12-16-5-3-2-4-13(16)11-19-17(12)8-6-14-10-15(20)7-9-18(14)19/h2-11,20H,1H3. The molecule has 4 rings (SSSR count). The maximum absolute atomic E-state index is 9.63. The second-order valence-electron chi connectivity index (χ2n) is 5.29. The first-order chi connectivity index (χ1) is 9.74. The molecule has 0 bridgehead atoms. The van der Waals surface area contributed by atoms with E-state index in [1.807, 2.05) is 12.1 Å². The number of aryl methyl sites for hydroxylation is 1. The average Bonchev–Trinajstić information content (AvgIpc) is 2.47. The van der Waals surface area contributed by atoms with E-state index in [-0.39, 0.29) is 0 Å². The van der Waals surface area contributed by atoms with Crippen molar-refractivity contribution in [1.82, 2.24) is 0 Å². The van der Waals surface area contributed by atoms with Crippen LogP contribution in [0.15, 0.2) is 60.7 Å². The number of benzene rings is 4. The molecule has 96 valence electrons. The number of phenols is 1. The molecule has 0 aliphatic heterocycles. The Morgan fingerprint density at radius 3 is 2.30 bits per heavy atom. The highest BCUT2D eigenvalue weighted by Gasteiger charge is 2.07. The van der Waals surface area contributed by atoms with Gasteiger partial charge in [0.25, 0.3) is 0 Å². The number of rotatable bonds is 0. The fourth-order valence-corrected chi connectivity index (χ4v) is 3.09. The van der Waals surface area contributed by atoms with Gasteiger partial charge in [0, 0.05) is 0 Å². The minimum Gasteiger partial charge on any atom is -0.508 e. The Kier molecular flexibility index (Phi) is 2.25. The van der Waals surface area contributed by atoms with Gasteiger partial charge in [-0.2, -0.15) is 0 Å². The Hall–Kier alpha value is -2.54. The molecule has 0 radical (unpaired) electrons. The SMILES string of the molecule is Cc1c2ccccc2cc2c1ccc1cc(O)ccc12. The molecule has 4 aromatic carbocycles. The van der Waals surface area contributed by atoms with Crippen LogP contribution in [-0.4, -0.2) is 5.11 Å². The van der Waals surface area contributed by atoms with Crippen LogP contribution < -0.4 is 0 Å². The Balaban J connectivity index is 2.27. The van der Waals surface area contributed by atoms with Gasteiger partial charge in [0.2, 0.25) is 0 Å². The second-order valence-corrected chi connectivity index (χ2v) is 5.29. The van der Waals surface area contributed by atoms with Crippen LogP contribution >= 0.6 is 0 Å². The van der Waals surface area contributed by atoms with Gasteiger partial charge in [-0.3, -0.25) is 0 Å². The van der Waals surface area contributed by atoms with E-state index >= 15 is 0 Å². The number of phenolic OH excluding ortho intramolecular Hbond substituents is 1. The van der Waals surface area contributed by atoms with E-state index in [9.17, 15) is 5.11 Å². The topological polar surface area (TPSA) is 20.2 Å². The average molecular weight is 258 g/mol. The van der Waals surface area contributed by atoms with Gasteiger partial charge in [0.05, 0.1) is 0 Å². The first kappa shape index (κ1) is 11.3. The predicted molar refractivity (Wildman–Crippen MR) is 85.4 cm³/mol. The molecule has 1 heteroatoms. The Labute approximate surface area is 117 Å². The van der Waals surface area contributed by atoms with Crippen LogP contribution in [0, 0.1) is 6.92 Å². The fraction of sp³-hybridized carbons (Fsp3) is 0.0526. The van der Waals surface area contributed by atoms with Crippen LogP contribution in [0.5, 0.6) is 5.75 Å². The van der Waals surface area contributed by atoms with E-state index in [0.29, 0.717) is 5.75 Å². The molecule has 1 nitrogen and oxygen atoms in total. The minimum atomic E-state index is 0.314. The Bertz CT molecular complexity index is 967. The molecule has 0 amide bonds. The maximum Gasteiger partial charge on any atom is 0.116 e. The first-order valence-corrected chi connectivity index (χ1v) is 6.78. The lowest BCUT2D eigenvalue weighted by Crippen LogP contribution is -1.84. The molecular weight excluding hydrogens is 244 g/mol. The third-order valence-electron chi connectivity index (χ3n) is 4.11. The van der Waals surface area contributed by atoms with Crippen LogP contribution in [0.1, 0.15) is 5.56 Å². The summed E-state index contributed by atoms with van der Waals surface area (Å²) in [6.07, 6.45) is 0. The minimum absolute atomic E-state index is 0.314. The summed E-state index contributed by atoms with van der Waals surface area (Å²) in [6.45, 7) is 2.18. The Morgan fingerprint density at radius 2 is 1.40 bits per heavy atom. The van der Waals surface area contributed by atoms with Crippen LogP contribution in [0.2, 0.25) is 0 Å². The van der Waals surface area contributed by atoms with Gasteiger partial charge in [-0.1, -0.05) is 42.5 Å². The lowest BCUT2D eigenvalue weighted by Gasteiger charge is -2.10. The lowest BCUT2D eigenvalue weighted by atomic mass is 9.94. The van der Waals surface area contributed by atoms with Crippen molar-refractivity contribution in [2.24, 2.45) is 0 Å². The molecule has 0 aliphatic carbocycles. The normalized spacial score (nSPS) is 11.4. The summed E-state index contributed by atoms with van der Waals surface area (Å²) in [5, 5.41) is 17.0. The number of hydrogen-bond donors (Lipinski definition) is 1. The maximum atomic E-state index is 9.63. The number of fused-ring (bicyclic) bond motifs is 4. The molecule has 0 aliphatic rings. The molecule has 4 aromatic rings. The van der Waals surface area contributed by atoms with E-state index in [2.05, 4.69) is 49.4 Å². The van der Waals surface area contributed by atoms with E-state index in [0.717, 1.165) is 5.39 Å². The predicted octanol–water partition coefficient (Wildman–Crippen LogP) is 5.16. The monoisotopic (exact) mass is 258 g/mol. The van der Waals surface area contributed by atoms with Crippen molar-refractivity contribution in [2.75, 3.05) is 0 Å². The highest BCUT2D eigenvalue weighted by Crippen LogP contribution is 2.33. The van der Waals surface area contributed by atoms with Gasteiger partial charge in [-0.05, 0) is 63.0 Å². The largest absolute Gasteiger partial charge is 0.508 e. The highest BCUT2D eigenvalue weighted by molar-refractivity contribution is 6.14. The summed E-state index contributed by atoms with van der Waals surface area (Å²) in [6, 6.07) is 20.5. The van der Waals surface area contributed by atoms with Crippen molar-refractivity contribution in [3.05, 3.63) is 66.2 Å². The van der Waals surface area contributed by atoms with E-state index < -0.39 is 0 Å². The molecule has 0 heterocycles. The van der Waals surface area contributed by atoms with Gasteiger partial charge in [-0.15, -0.1) is 0 Å². The lowest BCUT2D eigenvalue weighted by molar-refractivity contribution is 0.476. The van der Waals surface area contributed by atoms with E-state index in [1.54, 1.807) is 6.07 Å². The zero-order valence-electron chi connectivity index (χ0n) is 11.2. The van der Waals surface area contributed by atoms with Crippen molar-refractivity contribution in [2.45, 2.75) is 6.92 Å². The molecule has 20 heavy (non-hydrogen) atoms. The van der Waals surface area contributed by atoms with Gasteiger partial charge in [0.1, 0.15) is 5.75 Å². The van der Waals surface area contributed by atoms with E-state index in [1.165, 1.54) is 32.5 Å².